The molecule has 6 fully saturated rings. The van der Waals surface area contributed by atoms with Crippen molar-refractivity contribution in [2.75, 3.05) is 0 Å². The third kappa shape index (κ3) is 4.31. The number of fused-ring (bicyclic) bond motifs is 4. The summed E-state index contributed by atoms with van der Waals surface area (Å²) in [4.78, 5) is 35.7. The van der Waals surface area contributed by atoms with Gasteiger partial charge in [-0.05, 0) is 111 Å². The van der Waals surface area contributed by atoms with Gasteiger partial charge >= 0.3 is 17.9 Å². The fourth-order valence-electron chi connectivity index (χ4n) is 13.8. The number of aliphatic carboxylic acids is 1. The van der Waals surface area contributed by atoms with E-state index in [9.17, 15) is 24.6 Å². The Hall–Kier alpha value is -1.71. The molecule has 1 heterocycles. The summed E-state index contributed by atoms with van der Waals surface area (Å²) >= 11 is 0. The van der Waals surface area contributed by atoms with Crippen LogP contribution in [0.2, 0.25) is 0 Å². The fraction of sp³-hybridized carbons (Fsp3) is 0.919. The Balaban J connectivity index is 1.32. The molecule has 14 atom stereocenters. The van der Waals surface area contributed by atoms with Gasteiger partial charge in [-0.25, -0.2) is 0 Å². The Morgan fingerprint density at radius 1 is 0.935 bits per heavy atom. The number of ether oxygens (including phenoxy) is 3. The first-order chi connectivity index (χ1) is 21.2. The highest BCUT2D eigenvalue weighted by Gasteiger charge is 2.88. The van der Waals surface area contributed by atoms with Gasteiger partial charge in [0, 0.05) is 17.8 Å². The molecule has 6 rings (SSSR count). The molecule has 6 aliphatic rings. The molecule has 5 saturated carbocycles. The lowest BCUT2D eigenvalue weighted by molar-refractivity contribution is -0.203. The Bertz CT molecular complexity index is 1270. The Morgan fingerprint density at radius 2 is 1.57 bits per heavy atom. The van der Waals surface area contributed by atoms with Crippen LogP contribution in [0, 0.1) is 56.7 Å². The molecular formula is C37H58O9. The normalized spacial score (nSPS) is 49.5. The number of aliphatic hydroxyl groups is 2. The van der Waals surface area contributed by atoms with Gasteiger partial charge in [0.1, 0.15) is 12.5 Å². The molecule has 9 nitrogen and oxygen atoms in total. The SMILES string of the molecule is CC(=O)OC(C1CCC(C)C2C(O1)C(O)C1(C)C3CCC4C(C)(C)C(OC(=O)CC(=O)O)CCC45C(C)C35CCC21C)C(C)(C)O. The topological polar surface area (TPSA) is 140 Å². The van der Waals surface area contributed by atoms with Crippen LogP contribution < -0.4 is 0 Å². The summed E-state index contributed by atoms with van der Waals surface area (Å²) in [6.07, 6.45) is 3.89. The van der Waals surface area contributed by atoms with Gasteiger partial charge in [0.2, 0.25) is 0 Å². The second-order valence-electron chi connectivity index (χ2n) is 17.9. The van der Waals surface area contributed by atoms with E-state index in [4.69, 9.17) is 19.3 Å². The van der Waals surface area contributed by atoms with Gasteiger partial charge in [0.15, 0.2) is 6.10 Å². The van der Waals surface area contributed by atoms with Crippen LogP contribution in [0.25, 0.3) is 0 Å². The maximum Gasteiger partial charge on any atom is 0.317 e. The van der Waals surface area contributed by atoms with Gasteiger partial charge in [0.25, 0.3) is 0 Å². The predicted octanol–water partition coefficient (Wildman–Crippen LogP) is 5.53. The molecule has 5 aliphatic carbocycles. The van der Waals surface area contributed by atoms with Gasteiger partial charge in [-0.15, -0.1) is 0 Å². The Morgan fingerprint density at radius 3 is 2.17 bits per heavy atom. The molecule has 0 aromatic rings. The van der Waals surface area contributed by atoms with Crippen molar-refractivity contribution in [3.8, 4) is 0 Å². The number of hydrogen-bond acceptors (Lipinski definition) is 8. The minimum absolute atomic E-state index is 0.0814. The van der Waals surface area contributed by atoms with Crippen molar-refractivity contribution >= 4 is 17.9 Å². The summed E-state index contributed by atoms with van der Waals surface area (Å²) in [5.74, 6) is -0.722. The van der Waals surface area contributed by atoms with Gasteiger partial charge in [0.05, 0.1) is 23.9 Å². The zero-order chi connectivity index (χ0) is 34.0. The average molecular weight is 647 g/mol. The van der Waals surface area contributed by atoms with Crippen molar-refractivity contribution in [2.45, 2.75) is 156 Å². The van der Waals surface area contributed by atoms with Crippen LogP contribution in [0.15, 0.2) is 0 Å². The van der Waals surface area contributed by atoms with Crippen LogP contribution in [0.5, 0.6) is 0 Å². The van der Waals surface area contributed by atoms with Crippen molar-refractivity contribution in [2.24, 2.45) is 56.7 Å². The van der Waals surface area contributed by atoms with E-state index in [1.165, 1.54) is 6.92 Å². The van der Waals surface area contributed by atoms with Crippen LogP contribution in [-0.4, -0.2) is 69.3 Å². The molecule has 2 spiro atoms. The molecule has 1 saturated heterocycles. The zero-order valence-corrected chi connectivity index (χ0v) is 29.4. The fourth-order valence-corrected chi connectivity index (χ4v) is 13.8. The van der Waals surface area contributed by atoms with Gasteiger partial charge < -0.3 is 29.5 Å². The zero-order valence-electron chi connectivity index (χ0n) is 29.4. The molecule has 9 heteroatoms. The van der Waals surface area contributed by atoms with Crippen molar-refractivity contribution in [1.29, 1.82) is 0 Å². The van der Waals surface area contributed by atoms with E-state index in [0.29, 0.717) is 30.1 Å². The van der Waals surface area contributed by atoms with Crippen LogP contribution in [0.3, 0.4) is 0 Å². The number of hydrogen-bond donors (Lipinski definition) is 3. The number of carboxylic acids is 1. The highest BCUT2D eigenvalue weighted by molar-refractivity contribution is 5.90. The highest BCUT2D eigenvalue weighted by Crippen LogP contribution is 2.91. The smallest absolute Gasteiger partial charge is 0.317 e. The number of carboxylic acid groups (broad SMARTS) is 1. The second-order valence-corrected chi connectivity index (χ2v) is 17.9. The first-order valence-electron chi connectivity index (χ1n) is 17.9. The molecule has 0 aromatic carbocycles. The third-order valence-electron chi connectivity index (χ3n) is 15.6. The van der Waals surface area contributed by atoms with E-state index in [1.807, 2.05) is 0 Å². The lowest BCUT2D eigenvalue weighted by Crippen LogP contribution is -2.60. The van der Waals surface area contributed by atoms with Crippen LogP contribution in [-0.2, 0) is 28.6 Å². The minimum Gasteiger partial charge on any atom is -0.481 e. The number of carbonyl (C=O) groups is 3. The quantitative estimate of drug-likeness (QED) is 0.251. The molecule has 0 radical (unpaired) electrons. The minimum atomic E-state index is -1.30. The molecule has 46 heavy (non-hydrogen) atoms. The molecule has 0 aromatic heterocycles. The first kappa shape index (κ1) is 34.2. The molecule has 14 unspecified atom stereocenters. The highest BCUT2D eigenvalue weighted by atomic mass is 16.6. The van der Waals surface area contributed by atoms with E-state index in [2.05, 4.69) is 41.5 Å². The Labute approximate surface area is 274 Å². The largest absolute Gasteiger partial charge is 0.481 e. The van der Waals surface area contributed by atoms with Crippen LogP contribution in [0.4, 0.5) is 0 Å². The van der Waals surface area contributed by atoms with E-state index >= 15 is 0 Å². The lowest BCUT2D eigenvalue weighted by atomic mass is 9.41. The molecule has 260 valence electrons. The maximum absolute atomic E-state index is 12.6. The monoisotopic (exact) mass is 646 g/mol. The number of aliphatic hydroxyl groups excluding tert-OH is 1. The van der Waals surface area contributed by atoms with Crippen LogP contribution in [0.1, 0.15) is 120 Å². The summed E-state index contributed by atoms with van der Waals surface area (Å²) in [5.41, 5.74) is -1.94. The maximum atomic E-state index is 12.6. The third-order valence-corrected chi connectivity index (χ3v) is 15.6. The predicted molar refractivity (Wildman–Crippen MR) is 169 cm³/mol. The van der Waals surface area contributed by atoms with Gasteiger partial charge in [-0.2, -0.15) is 0 Å². The summed E-state index contributed by atoms with van der Waals surface area (Å²) in [7, 11) is 0. The Kier molecular flexibility index (Phi) is 7.90. The molecule has 3 N–H and O–H groups in total. The van der Waals surface area contributed by atoms with E-state index in [0.717, 1.165) is 44.9 Å². The van der Waals surface area contributed by atoms with E-state index in [-0.39, 0.29) is 39.1 Å². The molecular weight excluding hydrogens is 588 g/mol. The standard InChI is InChI=1S/C37H58O9/c1-19-10-11-22(31(33(6,7)43)44-21(3)38)45-29-28(19)34(8)16-17-37-20(2)36(37)15-14-25(46-27(41)18-26(39)40)32(4,5)23(36)12-13-24(37)35(34,9)30(29)42/h19-20,22-25,28-31,42-43H,10-18H2,1-9H3,(H,39,40). The van der Waals surface area contributed by atoms with Crippen molar-refractivity contribution in [1.82, 2.24) is 0 Å². The van der Waals surface area contributed by atoms with Gasteiger partial charge in [-0.1, -0.05) is 41.5 Å². The van der Waals surface area contributed by atoms with Crippen LogP contribution >= 0.6 is 0 Å². The van der Waals surface area contributed by atoms with Crippen molar-refractivity contribution in [3.63, 3.8) is 0 Å². The summed E-state index contributed by atoms with van der Waals surface area (Å²) in [6.45, 7) is 18.6. The van der Waals surface area contributed by atoms with E-state index < -0.39 is 54.3 Å². The van der Waals surface area contributed by atoms with Crippen molar-refractivity contribution in [3.05, 3.63) is 0 Å². The number of carbonyl (C=O) groups excluding carboxylic acids is 2. The van der Waals surface area contributed by atoms with E-state index in [1.54, 1.807) is 13.8 Å². The van der Waals surface area contributed by atoms with Gasteiger partial charge in [-0.3, -0.25) is 14.4 Å². The summed E-state index contributed by atoms with van der Waals surface area (Å²) in [5, 5.41) is 32.8. The van der Waals surface area contributed by atoms with Crippen molar-refractivity contribution < 1.29 is 43.9 Å². The lowest BCUT2D eigenvalue weighted by Gasteiger charge is -2.63. The summed E-state index contributed by atoms with van der Waals surface area (Å²) < 4.78 is 18.5. The number of rotatable bonds is 6. The first-order valence-corrected chi connectivity index (χ1v) is 17.9. The molecule has 0 bridgehead atoms. The second kappa shape index (κ2) is 10.6. The average Bonchev–Trinajstić information content (AvgIpc) is 3.47. The molecule has 0 amide bonds. The molecule has 1 aliphatic heterocycles. The number of esters is 2. The summed E-state index contributed by atoms with van der Waals surface area (Å²) in [6, 6.07) is 0.